The van der Waals surface area contributed by atoms with Crippen LogP contribution in [0.5, 0.6) is 0 Å². The van der Waals surface area contributed by atoms with Gasteiger partial charge in [-0.25, -0.2) is 0 Å². The summed E-state index contributed by atoms with van der Waals surface area (Å²) in [5.74, 6) is -0.589. The molecule has 0 bridgehead atoms. The first-order valence-electron chi connectivity index (χ1n) is 3.68. The van der Waals surface area contributed by atoms with Gasteiger partial charge >= 0.3 is 7.12 Å². The van der Waals surface area contributed by atoms with Crippen LogP contribution in [0.25, 0.3) is 0 Å². The van der Waals surface area contributed by atoms with Crippen molar-refractivity contribution in [1.29, 1.82) is 0 Å². The minimum atomic E-state index is -1.52. The molecule has 0 saturated carbocycles. The van der Waals surface area contributed by atoms with Gasteiger partial charge in [-0.3, -0.25) is 10.1 Å². The summed E-state index contributed by atoms with van der Waals surface area (Å²) in [7, 11) is -1.52. The molecule has 0 heterocycles. The summed E-state index contributed by atoms with van der Waals surface area (Å²) in [6.07, 6.45) is 6.85. The van der Waals surface area contributed by atoms with Crippen molar-refractivity contribution in [2.24, 2.45) is 0 Å². The van der Waals surface area contributed by atoms with Gasteiger partial charge in [0.05, 0.1) is 4.92 Å². The van der Waals surface area contributed by atoms with E-state index in [0.29, 0.717) is 0 Å². The third-order valence-corrected chi connectivity index (χ3v) is 1.64. The number of nitro groups is 1. The molecule has 6 heteroatoms. The summed E-state index contributed by atoms with van der Waals surface area (Å²) >= 11 is 0. The van der Waals surface area contributed by atoms with Crippen LogP contribution >= 0.6 is 0 Å². The zero-order chi connectivity index (χ0) is 9.84. The van der Waals surface area contributed by atoms with Crippen LogP contribution in [0.4, 0.5) is 0 Å². The zero-order valence-electron chi connectivity index (χ0n) is 6.70. The summed E-state index contributed by atoms with van der Waals surface area (Å²) in [4.78, 5) is 9.78. The van der Waals surface area contributed by atoms with Crippen molar-refractivity contribution in [2.45, 2.75) is 5.82 Å². The van der Waals surface area contributed by atoms with Gasteiger partial charge in [0, 0.05) is 18.0 Å². The number of rotatable bonds is 2. The van der Waals surface area contributed by atoms with Crippen molar-refractivity contribution in [3.8, 4) is 0 Å². The van der Waals surface area contributed by atoms with E-state index in [0.717, 1.165) is 0 Å². The molecule has 1 rings (SSSR count). The highest BCUT2D eigenvalue weighted by Gasteiger charge is 2.19. The van der Waals surface area contributed by atoms with Crippen LogP contribution in [-0.2, 0) is 0 Å². The fraction of sp³-hybridized carbons (Fsp3) is 0.143. The molecular formula is C7H8BNO4. The van der Waals surface area contributed by atoms with Crippen LogP contribution in [0.3, 0.4) is 0 Å². The van der Waals surface area contributed by atoms with Crippen LogP contribution in [0.15, 0.2) is 36.1 Å². The average Bonchev–Trinajstić information content (AvgIpc) is 2.27. The predicted molar refractivity (Wildman–Crippen MR) is 47.3 cm³/mol. The monoisotopic (exact) mass is 181 g/mol. The summed E-state index contributed by atoms with van der Waals surface area (Å²) in [5.41, 5.74) is -0.0700. The number of allylic oxidation sites excluding steroid dienone is 5. The molecule has 0 spiro atoms. The molecule has 68 valence electrons. The second-order valence-electron chi connectivity index (χ2n) is 2.58. The molecule has 13 heavy (non-hydrogen) atoms. The van der Waals surface area contributed by atoms with Gasteiger partial charge in [0.2, 0.25) is 0 Å². The van der Waals surface area contributed by atoms with Crippen LogP contribution in [0.1, 0.15) is 0 Å². The molecule has 1 unspecified atom stereocenters. The van der Waals surface area contributed by atoms with Crippen molar-refractivity contribution in [1.82, 2.24) is 0 Å². The molecule has 5 nitrogen and oxygen atoms in total. The van der Waals surface area contributed by atoms with E-state index in [1.807, 2.05) is 0 Å². The van der Waals surface area contributed by atoms with Gasteiger partial charge in [-0.1, -0.05) is 18.2 Å². The van der Waals surface area contributed by atoms with Gasteiger partial charge in [0.15, 0.2) is 0 Å². The highest BCUT2D eigenvalue weighted by atomic mass is 16.6. The first-order chi connectivity index (χ1) is 6.11. The lowest BCUT2D eigenvalue weighted by Gasteiger charge is -2.02. The quantitative estimate of drug-likeness (QED) is 0.359. The third kappa shape index (κ3) is 2.53. The largest absolute Gasteiger partial charge is 0.462 e. The van der Waals surface area contributed by atoms with E-state index in [4.69, 9.17) is 10.0 Å². The van der Waals surface area contributed by atoms with Crippen LogP contribution in [-0.4, -0.2) is 22.1 Å². The predicted octanol–water partition coefficient (Wildman–Crippen LogP) is 0.116. The van der Waals surface area contributed by atoms with Crippen molar-refractivity contribution in [2.75, 3.05) is 0 Å². The molecule has 1 aliphatic carbocycles. The van der Waals surface area contributed by atoms with Crippen molar-refractivity contribution in [3.63, 3.8) is 0 Å². The lowest BCUT2D eigenvalue weighted by Crippen LogP contribution is -2.16. The minimum Gasteiger partial charge on any atom is -0.426 e. The second kappa shape index (κ2) is 4.02. The van der Waals surface area contributed by atoms with E-state index in [9.17, 15) is 10.1 Å². The summed E-state index contributed by atoms with van der Waals surface area (Å²) < 4.78 is 0. The smallest absolute Gasteiger partial charge is 0.426 e. The van der Waals surface area contributed by atoms with Crippen molar-refractivity contribution >= 4 is 7.12 Å². The normalized spacial score (nSPS) is 20.8. The fourth-order valence-electron chi connectivity index (χ4n) is 0.932. The van der Waals surface area contributed by atoms with Crippen LogP contribution < -0.4 is 0 Å². The molecule has 0 radical (unpaired) electrons. The van der Waals surface area contributed by atoms with Crippen molar-refractivity contribution < 1.29 is 15.0 Å². The van der Waals surface area contributed by atoms with E-state index in [2.05, 4.69) is 0 Å². The molecule has 0 aromatic heterocycles. The molecule has 0 fully saturated rings. The van der Waals surface area contributed by atoms with E-state index in [1.165, 1.54) is 30.4 Å². The number of nitrogens with zero attached hydrogens (tertiary/aromatic N) is 1. The topological polar surface area (TPSA) is 83.6 Å². The van der Waals surface area contributed by atoms with E-state index >= 15 is 0 Å². The fourth-order valence-corrected chi connectivity index (χ4v) is 0.932. The number of hydrogen-bond acceptors (Lipinski definition) is 4. The molecule has 1 aliphatic rings. The Hall–Kier alpha value is -1.40. The third-order valence-electron chi connectivity index (χ3n) is 1.64. The Balaban J connectivity index is 2.80. The summed E-state index contributed by atoms with van der Waals surface area (Å²) in [5, 5.41) is 27.9. The van der Waals surface area contributed by atoms with E-state index in [-0.39, 0.29) is 5.70 Å². The molecule has 0 saturated heterocycles. The molecule has 2 N–H and O–H groups in total. The van der Waals surface area contributed by atoms with E-state index < -0.39 is 17.9 Å². The van der Waals surface area contributed by atoms with Gasteiger partial charge in [-0.2, -0.15) is 0 Å². The van der Waals surface area contributed by atoms with Gasteiger partial charge in [0.25, 0.3) is 5.70 Å². The maximum atomic E-state index is 10.3. The Bertz CT molecular complexity index is 295. The van der Waals surface area contributed by atoms with Gasteiger partial charge in [-0.15, -0.1) is 0 Å². The highest BCUT2D eigenvalue weighted by Crippen LogP contribution is 2.16. The molecule has 0 amide bonds. The molecule has 0 aromatic rings. The first-order valence-corrected chi connectivity index (χ1v) is 3.68. The van der Waals surface area contributed by atoms with Crippen molar-refractivity contribution in [3.05, 3.63) is 46.2 Å². The molecular weight excluding hydrogens is 173 g/mol. The lowest BCUT2D eigenvalue weighted by atomic mass is 9.73. The Morgan fingerprint density at radius 3 is 2.69 bits per heavy atom. The Morgan fingerprint density at radius 1 is 1.46 bits per heavy atom. The second-order valence-corrected chi connectivity index (χ2v) is 2.58. The highest BCUT2D eigenvalue weighted by molar-refractivity contribution is 6.44. The summed E-state index contributed by atoms with van der Waals surface area (Å²) in [6.45, 7) is 0. The lowest BCUT2D eigenvalue weighted by molar-refractivity contribution is -0.419. The van der Waals surface area contributed by atoms with Gasteiger partial charge in [-0.05, 0) is 0 Å². The maximum Gasteiger partial charge on any atom is 0.462 e. The molecule has 1 atom stereocenters. The Kier molecular flexibility index (Phi) is 3.00. The van der Waals surface area contributed by atoms with Crippen LogP contribution in [0, 0.1) is 10.1 Å². The average molecular weight is 181 g/mol. The van der Waals surface area contributed by atoms with Gasteiger partial charge < -0.3 is 10.0 Å². The molecule has 0 aliphatic heterocycles. The molecule has 0 aromatic carbocycles. The standard InChI is InChI=1S/C7H8BNO4/c10-8(11)6-2-1-3-7(5-4-6)9(12)13/h1-6,10-11H. The zero-order valence-corrected chi connectivity index (χ0v) is 6.70. The Morgan fingerprint density at radius 2 is 2.15 bits per heavy atom. The maximum absolute atomic E-state index is 10.3. The first kappa shape index (κ1) is 9.69. The van der Waals surface area contributed by atoms with Gasteiger partial charge in [0.1, 0.15) is 0 Å². The van der Waals surface area contributed by atoms with E-state index in [1.54, 1.807) is 0 Å². The SMILES string of the molecule is O=[N+]([O-])C1=CC=CC(B(O)O)C=C1. The number of hydrogen-bond donors (Lipinski definition) is 2. The summed E-state index contributed by atoms with van der Waals surface area (Å²) in [6, 6.07) is 0. The Labute approximate surface area is 75.0 Å². The minimum absolute atomic E-state index is 0.0700. The van der Waals surface area contributed by atoms with Crippen LogP contribution in [0.2, 0.25) is 5.82 Å².